The molecular weight excluding hydrogens is 502 g/mol. The molecule has 3 heterocycles. The van der Waals surface area contributed by atoms with Crippen LogP contribution in [0.4, 0.5) is 27.9 Å². The number of nitrogens with one attached hydrogen (secondary N) is 2. The molecule has 0 atom stereocenters. The van der Waals surface area contributed by atoms with Gasteiger partial charge < -0.3 is 19.6 Å². The molecule has 6 rings (SSSR count). The molecule has 4 aromatic rings. The van der Waals surface area contributed by atoms with E-state index in [0.717, 1.165) is 42.9 Å². The van der Waals surface area contributed by atoms with Crippen LogP contribution in [0.5, 0.6) is 0 Å². The van der Waals surface area contributed by atoms with Gasteiger partial charge in [-0.15, -0.1) is 0 Å². The Morgan fingerprint density at radius 3 is 2.10 bits per heavy atom. The molecular formula is C30H31N9O. The number of hydrazine groups is 1. The van der Waals surface area contributed by atoms with Gasteiger partial charge in [0.05, 0.1) is 22.8 Å². The minimum atomic E-state index is -0.194. The van der Waals surface area contributed by atoms with Gasteiger partial charge in [-0.25, -0.2) is 9.78 Å². The largest absolute Gasteiger partial charge is 0.368 e. The summed E-state index contributed by atoms with van der Waals surface area (Å²) in [6.45, 7) is 6.03. The first-order valence-electron chi connectivity index (χ1n) is 13.6. The van der Waals surface area contributed by atoms with Crippen molar-refractivity contribution in [2.45, 2.75) is 0 Å². The summed E-state index contributed by atoms with van der Waals surface area (Å²) in [6, 6.07) is 27.6. The zero-order valence-electron chi connectivity index (χ0n) is 22.2. The average Bonchev–Trinajstić information content (AvgIpc) is 3.04. The molecule has 2 amide bonds. The van der Waals surface area contributed by atoms with E-state index in [1.165, 1.54) is 5.69 Å². The standard InChI is InChI=1S/C30H31N9O/c31-22-23-10-12-24(13-11-23)34-35-30(40)39-20-18-38(19-21-39)29-32-27-9-5-4-8-26(27)28(33-29)37-16-14-36(15-17-37)25-6-2-1-3-7-25/h1-13,34H,14-21H2,(H,35,40). The summed E-state index contributed by atoms with van der Waals surface area (Å²) in [5.41, 5.74) is 9.13. The molecule has 40 heavy (non-hydrogen) atoms. The Labute approximate surface area is 233 Å². The highest BCUT2D eigenvalue weighted by molar-refractivity contribution is 5.90. The number of carbonyl (C=O) groups excluding carboxylic acids is 1. The Morgan fingerprint density at radius 1 is 0.725 bits per heavy atom. The Morgan fingerprint density at radius 2 is 1.38 bits per heavy atom. The molecule has 2 aliphatic heterocycles. The molecule has 0 spiro atoms. The third kappa shape index (κ3) is 5.40. The van der Waals surface area contributed by atoms with Crippen molar-refractivity contribution in [3.8, 4) is 6.07 Å². The van der Waals surface area contributed by atoms with Gasteiger partial charge in [-0.3, -0.25) is 10.9 Å². The molecule has 0 bridgehead atoms. The Bertz CT molecular complexity index is 1500. The van der Waals surface area contributed by atoms with Crippen LogP contribution in [0.15, 0.2) is 78.9 Å². The predicted octanol–water partition coefficient (Wildman–Crippen LogP) is 3.69. The van der Waals surface area contributed by atoms with Crippen molar-refractivity contribution in [1.82, 2.24) is 20.3 Å². The van der Waals surface area contributed by atoms with E-state index in [0.29, 0.717) is 43.4 Å². The molecule has 10 nitrogen and oxygen atoms in total. The van der Waals surface area contributed by atoms with Crippen molar-refractivity contribution in [2.75, 3.05) is 72.5 Å². The van der Waals surface area contributed by atoms with Crippen LogP contribution in [0.2, 0.25) is 0 Å². The number of para-hydroxylation sites is 2. The van der Waals surface area contributed by atoms with Crippen LogP contribution in [0.25, 0.3) is 10.9 Å². The average molecular weight is 534 g/mol. The number of nitriles is 1. The Kier molecular flexibility index (Phi) is 7.18. The van der Waals surface area contributed by atoms with Crippen LogP contribution in [-0.4, -0.2) is 73.3 Å². The number of hydrogen-bond acceptors (Lipinski definition) is 8. The summed E-state index contributed by atoms with van der Waals surface area (Å²) in [4.78, 5) is 31.4. The van der Waals surface area contributed by atoms with Crippen LogP contribution >= 0.6 is 0 Å². The normalized spacial score (nSPS) is 15.6. The quantitative estimate of drug-likeness (QED) is 0.375. The van der Waals surface area contributed by atoms with E-state index in [1.54, 1.807) is 29.2 Å². The minimum absolute atomic E-state index is 0.194. The fourth-order valence-corrected chi connectivity index (χ4v) is 5.19. The minimum Gasteiger partial charge on any atom is -0.368 e. The molecule has 3 aromatic carbocycles. The molecule has 2 saturated heterocycles. The number of rotatable bonds is 5. The van der Waals surface area contributed by atoms with E-state index >= 15 is 0 Å². The third-order valence-electron chi connectivity index (χ3n) is 7.45. The van der Waals surface area contributed by atoms with Crippen molar-refractivity contribution >= 4 is 40.1 Å². The van der Waals surface area contributed by atoms with E-state index in [2.05, 4.69) is 68.0 Å². The highest BCUT2D eigenvalue weighted by Crippen LogP contribution is 2.28. The van der Waals surface area contributed by atoms with Gasteiger partial charge in [0.15, 0.2) is 0 Å². The van der Waals surface area contributed by atoms with Crippen molar-refractivity contribution < 1.29 is 4.79 Å². The van der Waals surface area contributed by atoms with Gasteiger partial charge in [0.1, 0.15) is 5.82 Å². The maximum absolute atomic E-state index is 12.7. The van der Waals surface area contributed by atoms with Crippen molar-refractivity contribution in [3.63, 3.8) is 0 Å². The second-order valence-corrected chi connectivity index (χ2v) is 9.89. The second kappa shape index (κ2) is 11.4. The number of amides is 2. The monoisotopic (exact) mass is 533 g/mol. The Hall–Kier alpha value is -5.04. The number of urea groups is 1. The number of anilines is 4. The number of carbonyl (C=O) groups is 1. The maximum Gasteiger partial charge on any atom is 0.336 e. The van der Waals surface area contributed by atoms with Gasteiger partial charge in [-0.1, -0.05) is 30.3 Å². The fraction of sp³-hybridized carbons (Fsp3) is 0.267. The molecule has 0 aliphatic carbocycles. The fourth-order valence-electron chi connectivity index (χ4n) is 5.19. The van der Waals surface area contributed by atoms with Gasteiger partial charge in [0.2, 0.25) is 5.95 Å². The number of aromatic nitrogens is 2. The molecule has 2 fully saturated rings. The summed E-state index contributed by atoms with van der Waals surface area (Å²) in [5.74, 6) is 1.68. The lowest BCUT2D eigenvalue weighted by Crippen LogP contribution is -2.53. The SMILES string of the molecule is N#Cc1ccc(NNC(=O)N2CCN(c3nc(N4CCN(c5ccccc5)CC4)c4ccccc4n3)CC2)cc1. The van der Waals surface area contributed by atoms with E-state index in [4.69, 9.17) is 15.2 Å². The lowest BCUT2D eigenvalue weighted by Gasteiger charge is -2.38. The molecule has 10 heteroatoms. The van der Waals surface area contributed by atoms with Crippen molar-refractivity contribution in [3.05, 3.63) is 84.4 Å². The van der Waals surface area contributed by atoms with E-state index in [-0.39, 0.29) is 6.03 Å². The highest BCUT2D eigenvalue weighted by atomic mass is 16.2. The van der Waals surface area contributed by atoms with Crippen molar-refractivity contribution in [1.29, 1.82) is 5.26 Å². The van der Waals surface area contributed by atoms with Gasteiger partial charge in [-0.2, -0.15) is 10.2 Å². The highest BCUT2D eigenvalue weighted by Gasteiger charge is 2.26. The maximum atomic E-state index is 12.7. The molecule has 1 aromatic heterocycles. The smallest absolute Gasteiger partial charge is 0.336 e. The predicted molar refractivity (Wildman–Crippen MR) is 158 cm³/mol. The first-order valence-corrected chi connectivity index (χ1v) is 13.6. The first-order chi connectivity index (χ1) is 19.7. The van der Waals surface area contributed by atoms with Crippen LogP contribution < -0.4 is 25.6 Å². The summed E-state index contributed by atoms with van der Waals surface area (Å²) < 4.78 is 0. The lowest BCUT2D eigenvalue weighted by molar-refractivity contribution is 0.196. The van der Waals surface area contributed by atoms with Gasteiger partial charge in [0.25, 0.3) is 0 Å². The van der Waals surface area contributed by atoms with E-state index < -0.39 is 0 Å². The Balaban J connectivity index is 1.11. The van der Waals surface area contributed by atoms with Gasteiger partial charge in [-0.05, 0) is 48.5 Å². The number of nitrogens with zero attached hydrogens (tertiary/aromatic N) is 7. The van der Waals surface area contributed by atoms with Crippen LogP contribution in [-0.2, 0) is 0 Å². The van der Waals surface area contributed by atoms with Gasteiger partial charge >= 0.3 is 6.03 Å². The van der Waals surface area contributed by atoms with E-state index in [9.17, 15) is 4.79 Å². The number of hydrogen-bond donors (Lipinski definition) is 2. The molecule has 0 radical (unpaired) electrons. The topological polar surface area (TPSA) is 104 Å². The number of benzene rings is 3. The molecule has 2 aliphatic rings. The van der Waals surface area contributed by atoms with Crippen molar-refractivity contribution in [2.24, 2.45) is 0 Å². The zero-order chi connectivity index (χ0) is 27.3. The lowest BCUT2D eigenvalue weighted by atomic mass is 10.2. The number of fused-ring (bicyclic) bond motifs is 1. The summed E-state index contributed by atoms with van der Waals surface area (Å²) in [5, 5.41) is 10.0. The molecule has 0 saturated carbocycles. The molecule has 202 valence electrons. The second-order valence-electron chi connectivity index (χ2n) is 9.89. The molecule has 0 unspecified atom stereocenters. The van der Waals surface area contributed by atoms with Crippen LogP contribution in [0, 0.1) is 11.3 Å². The van der Waals surface area contributed by atoms with E-state index in [1.807, 2.05) is 18.2 Å². The van der Waals surface area contributed by atoms with Gasteiger partial charge in [0, 0.05) is 63.4 Å². The molecule has 2 N–H and O–H groups in total. The number of piperazine rings is 2. The van der Waals surface area contributed by atoms with Crippen LogP contribution in [0.3, 0.4) is 0 Å². The third-order valence-corrected chi connectivity index (χ3v) is 7.45. The summed E-state index contributed by atoms with van der Waals surface area (Å²) >= 11 is 0. The summed E-state index contributed by atoms with van der Waals surface area (Å²) in [6.07, 6.45) is 0. The summed E-state index contributed by atoms with van der Waals surface area (Å²) in [7, 11) is 0. The van der Waals surface area contributed by atoms with Crippen LogP contribution in [0.1, 0.15) is 5.56 Å². The first kappa shape index (κ1) is 25.2. The zero-order valence-corrected chi connectivity index (χ0v) is 22.2.